The Morgan fingerprint density at radius 2 is 2.00 bits per heavy atom. The summed E-state index contributed by atoms with van der Waals surface area (Å²) < 4.78 is 39.9. The average Bonchev–Trinajstić information content (AvgIpc) is 2.41. The number of hydrogen-bond acceptors (Lipinski definition) is 3. The Morgan fingerprint density at radius 3 is 2.57 bits per heavy atom. The second-order valence-corrected chi connectivity index (χ2v) is 7.29. The van der Waals surface area contributed by atoms with Crippen molar-refractivity contribution in [2.24, 2.45) is 5.92 Å². The molecule has 0 aliphatic carbocycles. The maximum atomic E-state index is 13.8. The summed E-state index contributed by atoms with van der Waals surface area (Å²) >= 11 is 0. The average molecular weight is 315 g/mol. The molecule has 1 aromatic carbocycles. The molecule has 1 aliphatic rings. The van der Waals surface area contributed by atoms with Crippen LogP contribution in [0.25, 0.3) is 0 Å². The number of carbonyl (C=O) groups is 1. The van der Waals surface area contributed by atoms with Crippen LogP contribution < -0.4 is 0 Å². The number of hydrogen-bond donors (Lipinski definition) is 1. The van der Waals surface area contributed by atoms with Gasteiger partial charge in [-0.05, 0) is 43.4 Å². The third kappa shape index (κ3) is 3.59. The Labute approximate surface area is 123 Å². The van der Waals surface area contributed by atoms with Gasteiger partial charge in [-0.1, -0.05) is 6.07 Å². The van der Waals surface area contributed by atoms with Crippen LogP contribution in [0.1, 0.15) is 24.8 Å². The van der Waals surface area contributed by atoms with Gasteiger partial charge < -0.3 is 5.11 Å². The van der Waals surface area contributed by atoms with Gasteiger partial charge in [0.05, 0.1) is 0 Å². The number of benzene rings is 1. The van der Waals surface area contributed by atoms with Gasteiger partial charge in [0, 0.05) is 19.5 Å². The molecule has 0 amide bonds. The van der Waals surface area contributed by atoms with Crippen molar-refractivity contribution in [3.8, 4) is 0 Å². The van der Waals surface area contributed by atoms with E-state index in [1.54, 1.807) is 6.92 Å². The molecule has 0 aromatic heterocycles. The molecule has 0 bridgehead atoms. The molecule has 1 fully saturated rings. The van der Waals surface area contributed by atoms with E-state index < -0.39 is 21.8 Å². The van der Waals surface area contributed by atoms with E-state index in [2.05, 4.69) is 0 Å². The Kier molecular flexibility index (Phi) is 4.63. The normalized spacial score (nSPS) is 17.8. The molecular weight excluding hydrogens is 297 g/mol. The van der Waals surface area contributed by atoms with Crippen LogP contribution in [0.2, 0.25) is 0 Å². The molecule has 21 heavy (non-hydrogen) atoms. The van der Waals surface area contributed by atoms with Crippen molar-refractivity contribution in [2.75, 3.05) is 13.1 Å². The minimum Gasteiger partial charge on any atom is -0.481 e. The largest absolute Gasteiger partial charge is 0.481 e. The highest BCUT2D eigenvalue weighted by molar-refractivity contribution is 7.89. The minimum atomic E-state index is -3.86. The van der Waals surface area contributed by atoms with Crippen LogP contribution in [0.15, 0.2) is 23.1 Å². The minimum absolute atomic E-state index is 0.0173. The highest BCUT2D eigenvalue weighted by Gasteiger charge is 2.31. The van der Waals surface area contributed by atoms with Crippen molar-refractivity contribution in [1.82, 2.24) is 4.31 Å². The van der Waals surface area contributed by atoms with Gasteiger partial charge in [-0.3, -0.25) is 4.79 Å². The lowest BCUT2D eigenvalue weighted by atomic mass is 9.95. The number of sulfonamides is 1. The topological polar surface area (TPSA) is 74.7 Å². The summed E-state index contributed by atoms with van der Waals surface area (Å²) in [7, 11) is -3.86. The Hall–Kier alpha value is -1.47. The zero-order valence-corrected chi connectivity index (χ0v) is 12.6. The Bertz CT molecular complexity index is 636. The summed E-state index contributed by atoms with van der Waals surface area (Å²) in [5.74, 6) is -1.65. The van der Waals surface area contributed by atoms with E-state index in [0.29, 0.717) is 18.4 Å². The van der Waals surface area contributed by atoms with Gasteiger partial charge in [0.15, 0.2) is 0 Å². The molecular formula is C14H18FNO4S. The highest BCUT2D eigenvalue weighted by atomic mass is 32.2. The second-order valence-electron chi connectivity index (χ2n) is 5.38. The Morgan fingerprint density at radius 1 is 1.38 bits per heavy atom. The molecule has 0 saturated carbocycles. The molecule has 0 spiro atoms. The lowest BCUT2D eigenvalue weighted by Gasteiger charge is -2.30. The van der Waals surface area contributed by atoms with Crippen molar-refractivity contribution in [3.05, 3.63) is 29.6 Å². The molecule has 116 valence electrons. The number of piperidine rings is 1. The summed E-state index contributed by atoms with van der Waals surface area (Å²) in [5, 5.41) is 8.75. The quantitative estimate of drug-likeness (QED) is 0.922. The van der Waals surface area contributed by atoms with E-state index in [1.165, 1.54) is 16.4 Å². The first-order chi connectivity index (χ1) is 9.80. The molecule has 0 atom stereocenters. The first-order valence-electron chi connectivity index (χ1n) is 6.79. The van der Waals surface area contributed by atoms with E-state index >= 15 is 0 Å². The standard InChI is InChI=1S/C14H18FNO4S/c1-10-2-3-12(15)13(8-10)21(19,20)16-6-4-11(5-7-16)9-14(17)18/h2-3,8,11H,4-7,9H2,1H3,(H,17,18). The van der Waals surface area contributed by atoms with Gasteiger partial charge >= 0.3 is 5.97 Å². The smallest absolute Gasteiger partial charge is 0.303 e. The van der Waals surface area contributed by atoms with Crippen LogP contribution in [-0.2, 0) is 14.8 Å². The van der Waals surface area contributed by atoms with E-state index in [-0.39, 0.29) is 30.3 Å². The number of carboxylic acid groups (broad SMARTS) is 1. The molecule has 1 N–H and O–H groups in total. The van der Waals surface area contributed by atoms with Crippen molar-refractivity contribution in [1.29, 1.82) is 0 Å². The predicted octanol–water partition coefficient (Wildman–Crippen LogP) is 2.01. The summed E-state index contributed by atoms with van der Waals surface area (Å²) in [6.07, 6.45) is 1.02. The number of halogens is 1. The fraction of sp³-hybridized carbons (Fsp3) is 0.500. The molecule has 1 aromatic rings. The van der Waals surface area contributed by atoms with Crippen LogP contribution in [0.5, 0.6) is 0 Å². The number of nitrogens with zero attached hydrogens (tertiary/aromatic N) is 1. The van der Waals surface area contributed by atoms with Gasteiger partial charge in [-0.2, -0.15) is 4.31 Å². The maximum Gasteiger partial charge on any atom is 0.303 e. The van der Waals surface area contributed by atoms with Crippen molar-refractivity contribution in [3.63, 3.8) is 0 Å². The van der Waals surface area contributed by atoms with Gasteiger partial charge in [-0.25, -0.2) is 12.8 Å². The predicted molar refractivity (Wildman–Crippen MR) is 74.9 cm³/mol. The van der Waals surface area contributed by atoms with E-state index in [0.717, 1.165) is 6.07 Å². The first-order valence-corrected chi connectivity index (χ1v) is 8.23. The summed E-state index contributed by atoms with van der Waals surface area (Å²) in [4.78, 5) is 10.4. The second kappa shape index (κ2) is 6.11. The third-order valence-electron chi connectivity index (χ3n) is 3.74. The molecule has 5 nitrogen and oxygen atoms in total. The molecule has 2 rings (SSSR count). The summed E-state index contributed by atoms with van der Waals surface area (Å²) in [5.41, 5.74) is 0.677. The van der Waals surface area contributed by atoms with Crippen LogP contribution >= 0.6 is 0 Å². The van der Waals surface area contributed by atoms with Gasteiger partial charge in [0.2, 0.25) is 10.0 Å². The van der Waals surface area contributed by atoms with Crippen LogP contribution in [0.4, 0.5) is 4.39 Å². The van der Waals surface area contributed by atoms with Crippen LogP contribution in [0, 0.1) is 18.7 Å². The lowest BCUT2D eigenvalue weighted by Crippen LogP contribution is -2.39. The van der Waals surface area contributed by atoms with Crippen molar-refractivity contribution in [2.45, 2.75) is 31.1 Å². The van der Waals surface area contributed by atoms with Crippen LogP contribution in [-0.4, -0.2) is 36.9 Å². The molecule has 7 heteroatoms. The monoisotopic (exact) mass is 315 g/mol. The summed E-state index contributed by atoms with van der Waals surface area (Å²) in [6, 6.07) is 4.00. The molecule has 1 aliphatic heterocycles. The van der Waals surface area contributed by atoms with Crippen LogP contribution in [0.3, 0.4) is 0 Å². The third-order valence-corrected chi connectivity index (χ3v) is 5.65. The Balaban J connectivity index is 2.15. The molecule has 1 saturated heterocycles. The number of rotatable bonds is 4. The zero-order chi connectivity index (χ0) is 15.6. The zero-order valence-electron chi connectivity index (χ0n) is 11.8. The van der Waals surface area contributed by atoms with Gasteiger partial charge in [0.25, 0.3) is 0 Å². The van der Waals surface area contributed by atoms with Crippen molar-refractivity contribution >= 4 is 16.0 Å². The van der Waals surface area contributed by atoms with E-state index in [1.807, 2.05) is 0 Å². The first kappa shape index (κ1) is 15.9. The number of aryl methyl sites for hydroxylation is 1. The lowest BCUT2D eigenvalue weighted by molar-refractivity contribution is -0.138. The summed E-state index contributed by atoms with van der Waals surface area (Å²) in [6.45, 7) is 2.17. The maximum absolute atomic E-state index is 13.8. The molecule has 0 radical (unpaired) electrons. The SMILES string of the molecule is Cc1ccc(F)c(S(=O)(=O)N2CCC(CC(=O)O)CC2)c1. The molecule has 1 heterocycles. The fourth-order valence-corrected chi connectivity index (χ4v) is 4.17. The van der Waals surface area contributed by atoms with E-state index in [9.17, 15) is 17.6 Å². The fourth-order valence-electron chi connectivity index (χ4n) is 2.55. The number of carboxylic acids is 1. The van der Waals surface area contributed by atoms with E-state index in [4.69, 9.17) is 5.11 Å². The number of aliphatic carboxylic acids is 1. The van der Waals surface area contributed by atoms with Gasteiger partial charge in [0.1, 0.15) is 10.7 Å². The highest BCUT2D eigenvalue weighted by Crippen LogP contribution is 2.27. The van der Waals surface area contributed by atoms with Gasteiger partial charge in [-0.15, -0.1) is 0 Å². The molecule has 0 unspecified atom stereocenters. The van der Waals surface area contributed by atoms with Crippen molar-refractivity contribution < 1.29 is 22.7 Å².